The van der Waals surface area contributed by atoms with Gasteiger partial charge >= 0.3 is 0 Å². The summed E-state index contributed by atoms with van der Waals surface area (Å²) in [6, 6.07) is 20.0. The van der Waals surface area contributed by atoms with E-state index in [1.165, 1.54) is 11.1 Å². The number of imidazole rings is 1. The number of Topliss-reactive ketones (excluding diaryl/α,β-unsaturated/α-hetero) is 1. The lowest BCUT2D eigenvalue weighted by molar-refractivity contribution is 0.0983. The van der Waals surface area contributed by atoms with Crippen molar-refractivity contribution in [1.29, 1.82) is 0 Å². The highest BCUT2D eigenvalue weighted by molar-refractivity contribution is 5.99. The molecule has 0 radical (unpaired) electrons. The predicted molar refractivity (Wildman–Crippen MR) is 116 cm³/mol. The Morgan fingerprint density at radius 1 is 1.03 bits per heavy atom. The van der Waals surface area contributed by atoms with Crippen LogP contribution in [0.4, 0.5) is 0 Å². The Hall–Kier alpha value is -3.40. The van der Waals surface area contributed by atoms with Crippen LogP contribution in [0.15, 0.2) is 67.0 Å². The van der Waals surface area contributed by atoms with E-state index in [2.05, 4.69) is 41.6 Å². The first-order chi connectivity index (χ1) is 14.1. The Bertz CT molecular complexity index is 1190. The Labute approximate surface area is 170 Å². The van der Waals surface area contributed by atoms with Gasteiger partial charge in [-0.05, 0) is 67.3 Å². The lowest BCUT2D eigenvalue weighted by atomic mass is 10.0. The summed E-state index contributed by atoms with van der Waals surface area (Å²) in [4.78, 5) is 17.3. The molecule has 4 aromatic rings. The van der Waals surface area contributed by atoms with Crippen molar-refractivity contribution in [2.75, 3.05) is 7.11 Å². The van der Waals surface area contributed by atoms with Crippen LogP contribution >= 0.6 is 0 Å². The number of para-hydroxylation sites is 1. The largest absolute Gasteiger partial charge is 0.496 e. The van der Waals surface area contributed by atoms with E-state index in [-0.39, 0.29) is 5.78 Å². The number of hydrogen-bond donors (Lipinski definition) is 0. The highest BCUT2D eigenvalue weighted by Gasteiger charge is 2.12. The minimum absolute atomic E-state index is 0.110. The topological polar surface area (TPSA) is 44.1 Å². The summed E-state index contributed by atoms with van der Waals surface area (Å²) in [6.07, 6.45) is 2.91. The van der Waals surface area contributed by atoms with Crippen LogP contribution in [-0.2, 0) is 6.42 Å². The third-order valence-corrected chi connectivity index (χ3v) is 5.31. The number of carbonyl (C=O) groups excluding carboxylic acids is 1. The molecule has 1 heterocycles. The smallest absolute Gasteiger partial charge is 0.163 e. The van der Waals surface area contributed by atoms with E-state index in [9.17, 15) is 4.79 Å². The van der Waals surface area contributed by atoms with Crippen molar-refractivity contribution < 1.29 is 9.53 Å². The number of ether oxygens (including phenoxy) is 1. The fourth-order valence-corrected chi connectivity index (χ4v) is 3.66. The Morgan fingerprint density at radius 3 is 2.69 bits per heavy atom. The molecule has 0 saturated carbocycles. The molecule has 4 nitrogen and oxygen atoms in total. The summed E-state index contributed by atoms with van der Waals surface area (Å²) in [6.45, 7) is 4.18. The maximum absolute atomic E-state index is 12.8. The molecule has 0 N–H and O–H groups in total. The average molecular weight is 384 g/mol. The van der Waals surface area contributed by atoms with Gasteiger partial charge in [0, 0.05) is 12.0 Å². The number of methoxy groups -OCH3 is 1. The van der Waals surface area contributed by atoms with E-state index in [1.807, 2.05) is 48.8 Å². The van der Waals surface area contributed by atoms with Crippen LogP contribution < -0.4 is 4.74 Å². The number of hydrogen-bond acceptors (Lipinski definition) is 3. The Kier molecular flexibility index (Phi) is 5.17. The number of aromatic nitrogens is 2. The molecule has 0 aliphatic carbocycles. The molecule has 0 bridgehead atoms. The second-order valence-electron chi connectivity index (χ2n) is 7.34. The van der Waals surface area contributed by atoms with Gasteiger partial charge in [0.15, 0.2) is 5.78 Å². The number of benzene rings is 3. The molecule has 0 saturated heterocycles. The lowest BCUT2D eigenvalue weighted by Gasteiger charge is -2.10. The molecule has 0 aliphatic heterocycles. The van der Waals surface area contributed by atoms with Gasteiger partial charge in [-0.2, -0.15) is 0 Å². The normalized spacial score (nSPS) is 11.0. The fourth-order valence-electron chi connectivity index (χ4n) is 3.66. The molecule has 0 unspecified atom stereocenters. The zero-order valence-electron chi connectivity index (χ0n) is 17.0. The molecule has 146 valence electrons. The summed E-state index contributed by atoms with van der Waals surface area (Å²) in [5.74, 6) is 0.933. The zero-order valence-corrected chi connectivity index (χ0v) is 17.0. The summed E-state index contributed by atoms with van der Waals surface area (Å²) < 4.78 is 7.46. The van der Waals surface area contributed by atoms with Gasteiger partial charge in [-0.1, -0.05) is 30.3 Å². The number of ketones is 1. The summed E-state index contributed by atoms with van der Waals surface area (Å²) in [5.41, 5.74) is 7.07. The van der Waals surface area contributed by atoms with E-state index in [1.54, 1.807) is 7.11 Å². The van der Waals surface area contributed by atoms with Crippen molar-refractivity contribution in [3.63, 3.8) is 0 Å². The second-order valence-corrected chi connectivity index (χ2v) is 7.34. The number of carbonyl (C=O) groups is 1. The van der Waals surface area contributed by atoms with Gasteiger partial charge in [0.25, 0.3) is 0 Å². The van der Waals surface area contributed by atoms with Gasteiger partial charge in [0.1, 0.15) is 12.1 Å². The molecule has 0 amide bonds. The molecule has 1 aromatic heterocycles. The second kappa shape index (κ2) is 7.92. The molecule has 4 heteroatoms. The predicted octanol–water partition coefficient (Wildman–Crippen LogP) is 5.47. The van der Waals surface area contributed by atoms with E-state index in [0.717, 1.165) is 28.0 Å². The highest BCUT2D eigenvalue weighted by atomic mass is 16.5. The standard InChI is InChI=1S/C25H24N2O2/c1-17-8-9-18(2)23(14-17)27-16-26-21-15-20(10-12-22(21)27)24(28)13-11-19-6-4-5-7-25(19)29-3/h4-10,12,14-16H,11,13H2,1-3H3. The van der Waals surface area contributed by atoms with Crippen LogP contribution in [-0.4, -0.2) is 22.4 Å². The van der Waals surface area contributed by atoms with E-state index < -0.39 is 0 Å². The first-order valence-corrected chi connectivity index (χ1v) is 9.76. The highest BCUT2D eigenvalue weighted by Crippen LogP contribution is 2.24. The number of aryl methyl sites for hydroxylation is 3. The van der Waals surface area contributed by atoms with Gasteiger partial charge in [-0.25, -0.2) is 4.98 Å². The third kappa shape index (κ3) is 3.79. The van der Waals surface area contributed by atoms with Gasteiger partial charge in [-0.3, -0.25) is 9.36 Å². The molecule has 3 aromatic carbocycles. The van der Waals surface area contributed by atoms with Crippen molar-refractivity contribution in [2.45, 2.75) is 26.7 Å². The van der Waals surface area contributed by atoms with Crippen molar-refractivity contribution in [2.24, 2.45) is 0 Å². The van der Waals surface area contributed by atoms with Crippen LogP contribution in [0.2, 0.25) is 0 Å². The van der Waals surface area contributed by atoms with E-state index in [4.69, 9.17) is 4.74 Å². The van der Waals surface area contributed by atoms with Gasteiger partial charge < -0.3 is 4.74 Å². The molecule has 0 aliphatic rings. The summed E-state index contributed by atoms with van der Waals surface area (Å²) in [5, 5.41) is 0. The van der Waals surface area contributed by atoms with Crippen LogP contribution in [0.5, 0.6) is 5.75 Å². The number of rotatable bonds is 6. The van der Waals surface area contributed by atoms with Crippen LogP contribution in [0.1, 0.15) is 33.5 Å². The maximum atomic E-state index is 12.8. The van der Waals surface area contributed by atoms with Crippen molar-refractivity contribution >= 4 is 16.8 Å². The molecular formula is C25H24N2O2. The monoisotopic (exact) mass is 384 g/mol. The summed E-state index contributed by atoms with van der Waals surface area (Å²) in [7, 11) is 1.65. The molecule has 0 atom stereocenters. The zero-order chi connectivity index (χ0) is 20.4. The number of fused-ring (bicyclic) bond motifs is 1. The maximum Gasteiger partial charge on any atom is 0.163 e. The van der Waals surface area contributed by atoms with Crippen LogP contribution in [0, 0.1) is 13.8 Å². The fraction of sp³-hybridized carbons (Fsp3) is 0.200. The molecular weight excluding hydrogens is 360 g/mol. The minimum Gasteiger partial charge on any atom is -0.496 e. The lowest BCUT2D eigenvalue weighted by Crippen LogP contribution is -2.02. The van der Waals surface area contributed by atoms with Crippen LogP contribution in [0.25, 0.3) is 16.7 Å². The first kappa shape index (κ1) is 18.9. The first-order valence-electron chi connectivity index (χ1n) is 9.76. The van der Waals surface area contributed by atoms with Gasteiger partial charge in [0.2, 0.25) is 0 Å². The van der Waals surface area contributed by atoms with Crippen molar-refractivity contribution in [3.8, 4) is 11.4 Å². The number of nitrogens with zero attached hydrogens (tertiary/aromatic N) is 2. The molecule has 0 fully saturated rings. The molecule has 0 spiro atoms. The third-order valence-electron chi connectivity index (χ3n) is 5.31. The average Bonchev–Trinajstić information content (AvgIpc) is 3.17. The Morgan fingerprint density at radius 2 is 1.86 bits per heavy atom. The minimum atomic E-state index is 0.110. The van der Waals surface area contributed by atoms with Crippen molar-refractivity contribution in [3.05, 3.63) is 89.2 Å². The quantitative estimate of drug-likeness (QED) is 0.414. The van der Waals surface area contributed by atoms with Gasteiger partial charge in [0.05, 0.1) is 23.8 Å². The van der Waals surface area contributed by atoms with Gasteiger partial charge in [-0.15, -0.1) is 0 Å². The van der Waals surface area contributed by atoms with E-state index >= 15 is 0 Å². The molecule has 29 heavy (non-hydrogen) atoms. The molecule has 4 rings (SSSR count). The SMILES string of the molecule is COc1ccccc1CCC(=O)c1ccc2c(c1)ncn2-c1cc(C)ccc1C. The van der Waals surface area contributed by atoms with Crippen LogP contribution in [0.3, 0.4) is 0 Å². The van der Waals surface area contributed by atoms with Crippen molar-refractivity contribution in [1.82, 2.24) is 9.55 Å². The summed E-state index contributed by atoms with van der Waals surface area (Å²) >= 11 is 0. The Balaban J connectivity index is 1.58. The van der Waals surface area contributed by atoms with E-state index in [0.29, 0.717) is 18.4 Å².